The van der Waals surface area contributed by atoms with Crippen molar-refractivity contribution < 1.29 is 19.1 Å². The van der Waals surface area contributed by atoms with Crippen LogP contribution in [0.25, 0.3) is 6.08 Å². The predicted octanol–water partition coefficient (Wildman–Crippen LogP) is 5.88. The van der Waals surface area contributed by atoms with Gasteiger partial charge in [-0.25, -0.2) is 0 Å². The molecule has 132 valence electrons. The number of ether oxygens (including phenoxy) is 1. The predicted molar refractivity (Wildman–Crippen MR) is 104 cm³/mol. The highest BCUT2D eigenvalue weighted by Crippen LogP contribution is 2.28. The second-order valence-corrected chi connectivity index (χ2v) is 6.73. The van der Waals surface area contributed by atoms with Crippen molar-refractivity contribution in [3.05, 3.63) is 87.3 Å². The number of carbonyl (C=O) groups excluding carboxylic acids is 1. The Morgan fingerprint density at radius 2 is 1.92 bits per heavy atom. The molecule has 0 aliphatic carbocycles. The third-order valence-electron chi connectivity index (χ3n) is 3.50. The van der Waals surface area contributed by atoms with Crippen LogP contribution >= 0.6 is 27.5 Å². The Morgan fingerprint density at radius 3 is 2.65 bits per heavy atom. The van der Waals surface area contributed by atoms with Crippen LogP contribution in [-0.4, -0.2) is 10.9 Å². The van der Waals surface area contributed by atoms with Gasteiger partial charge in [-0.05, 0) is 66.7 Å². The van der Waals surface area contributed by atoms with Gasteiger partial charge in [0.1, 0.15) is 29.6 Å². The highest BCUT2D eigenvalue weighted by atomic mass is 79.9. The van der Waals surface area contributed by atoms with Crippen molar-refractivity contribution in [3.8, 4) is 11.5 Å². The molecule has 0 fully saturated rings. The summed E-state index contributed by atoms with van der Waals surface area (Å²) in [5.41, 5.74) is 0.485. The molecule has 0 atom stereocenters. The smallest absolute Gasteiger partial charge is 0.185 e. The molecule has 0 aliphatic rings. The second kappa shape index (κ2) is 8.25. The topological polar surface area (TPSA) is 59.7 Å². The first-order valence-corrected chi connectivity index (χ1v) is 8.86. The zero-order valence-corrected chi connectivity index (χ0v) is 15.8. The molecule has 0 saturated carbocycles. The highest BCUT2D eigenvalue weighted by Gasteiger charge is 2.06. The van der Waals surface area contributed by atoms with Gasteiger partial charge in [0.2, 0.25) is 0 Å². The van der Waals surface area contributed by atoms with Gasteiger partial charge in [0.25, 0.3) is 0 Å². The molecule has 0 bridgehead atoms. The average molecular weight is 434 g/mol. The summed E-state index contributed by atoms with van der Waals surface area (Å²) in [5.74, 6) is 1.65. The molecule has 0 spiro atoms. The van der Waals surface area contributed by atoms with Crippen molar-refractivity contribution in [1.82, 2.24) is 0 Å². The number of hydrogen-bond acceptors (Lipinski definition) is 4. The van der Waals surface area contributed by atoms with Crippen molar-refractivity contribution in [1.29, 1.82) is 0 Å². The minimum atomic E-state index is -0.180. The second-order valence-electron chi connectivity index (χ2n) is 5.41. The normalized spacial score (nSPS) is 11.0. The van der Waals surface area contributed by atoms with Gasteiger partial charge >= 0.3 is 0 Å². The zero-order chi connectivity index (χ0) is 18.5. The molecule has 0 saturated heterocycles. The number of allylic oxidation sites excluding steroid dienone is 1. The van der Waals surface area contributed by atoms with E-state index in [1.165, 1.54) is 18.2 Å². The lowest BCUT2D eigenvalue weighted by Gasteiger charge is -2.06. The maximum absolute atomic E-state index is 12.1. The minimum absolute atomic E-state index is 0.118. The molecular weight excluding hydrogens is 420 g/mol. The van der Waals surface area contributed by atoms with Gasteiger partial charge < -0.3 is 14.3 Å². The van der Waals surface area contributed by atoms with Gasteiger partial charge in [-0.15, -0.1) is 0 Å². The molecule has 26 heavy (non-hydrogen) atoms. The fourth-order valence-electron chi connectivity index (χ4n) is 2.18. The van der Waals surface area contributed by atoms with Crippen LogP contribution in [0.3, 0.4) is 0 Å². The first-order chi connectivity index (χ1) is 12.5. The molecule has 3 rings (SSSR count). The number of hydrogen-bond donors (Lipinski definition) is 1. The molecule has 0 radical (unpaired) electrons. The van der Waals surface area contributed by atoms with E-state index in [9.17, 15) is 9.90 Å². The maximum atomic E-state index is 12.1. The van der Waals surface area contributed by atoms with Gasteiger partial charge in [-0.3, -0.25) is 4.79 Å². The van der Waals surface area contributed by atoms with Crippen LogP contribution in [0.1, 0.15) is 21.9 Å². The summed E-state index contributed by atoms with van der Waals surface area (Å²) in [6.45, 7) is 0.223. The Bertz CT molecular complexity index is 945. The van der Waals surface area contributed by atoms with E-state index in [-0.39, 0.29) is 18.1 Å². The standard InChI is InChI=1S/C20H14BrClO4/c21-14-3-10-20(18(22)11-14)25-12-17-7-6-16(26-17)8-9-19(24)13-1-4-15(23)5-2-13/h1-11,23H,12H2/b9-8+. The van der Waals surface area contributed by atoms with Crippen LogP contribution in [0.2, 0.25) is 5.02 Å². The van der Waals surface area contributed by atoms with E-state index in [1.807, 2.05) is 6.07 Å². The van der Waals surface area contributed by atoms with Crippen molar-refractivity contribution in [2.45, 2.75) is 6.61 Å². The van der Waals surface area contributed by atoms with E-state index in [0.29, 0.717) is 27.9 Å². The minimum Gasteiger partial charge on any atom is -0.508 e. The Labute approximate surface area is 163 Å². The molecule has 1 aromatic heterocycles. The SMILES string of the molecule is O=C(/C=C/c1ccc(COc2ccc(Br)cc2Cl)o1)c1ccc(O)cc1. The Kier molecular flexibility index (Phi) is 5.81. The van der Waals surface area contributed by atoms with Gasteiger partial charge in [0.05, 0.1) is 5.02 Å². The Hall–Kier alpha value is -2.50. The summed E-state index contributed by atoms with van der Waals surface area (Å²) < 4.78 is 12.1. The summed E-state index contributed by atoms with van der Waals surface area (Å²) in [6, 6.07) is 14.9. The van der Waals surface area contributed by atoms with E-state index < -0.39 is 0 Å². The maximum Gasteiger partial charge on any atom is 0.185 e. The summed E-state index contributed by atoms with van der Waals surface area (Å²) in [4.78, 5) is 12.1. The number of furan rings is 1. The molecule has 1 heterocycles. The lowest BCUT2D eigenvalue weighted by molar-refractivity contribution is 0.104. The third kappa shape index (κ3) is 4.77. The van der Waals surface area contributed by atoms with Crippen molar-refractivity contribution in [2.24, 2.45) is 0 Å². The fraction of sp³-hybridized carbons (Fsp3) is 0.0500. The van der Waals surface area contributed by atoms with Crippen LogP contribution in [0.15, 0.2) is 69.6 Å². The fourth-order valence-corrected chi connectivity index (χ4v) is 2.91. The van der Waals surface area contributed by atoms with Crippen molar-refractivity contribution in [3.63, 3.8) is 0 Å². The van der Waals surface area contributed by atoms with E-state index in [0.717, 1.165) is 4.47 Å². The lowest BCUT2D eigenvalue weighted by Crippen LogP contribution is -1.94. The van der Waals surface area contributed by atoms with Crippen LogP contribution in [0, 0.1) is 0 Å². The quantitative estimate of drug-likeness (QED) is 0.390. The number of benzene rings is 2. The number of rotatable bonds is 6. The summed E-state index contributed by atoms with van der Waals surface area (Å²) in [5, 5.41) is 9.75. The monoisotopic (exact) mass is 432 g/mol. The van der Waals surface area contributed by atoms with E-state index in [1.54, 1.807) is 42.5 Å². The Balaban J connectivity index is 1.60. The van der Waals surface area contributed by atoms with Crippen LogP contribution in [0.5, 0.6) is 11.5 Å². The molecule has 0 amide bonds. The van der Waals surface area contributed by atoms with Crippen LogP contribution < -0.4 is 4.74 Å². The number of phenolic OH excluding ortho intramolecular Hbond substituents is 1. The van der Waals surface area contributed by atoms with Gasteiger partial charge in [0.15, 0.2) is 5.78 Å². The van der Waals surface area contributed by atoms with E-state index in [2.05, 4.69) is 15.9 Å². The first-order valence-electron chi connectivity index (χ1n) is 7.69. The van der Waals surface area contributed by atoms with Crippen LogP contribution in [0.4, 0.5) is 0 Å². The van der Waals surface area contributed by atoms with Crippen molar-refractivity contribution >= 4 is 39.4 Å². The lowest BCUT2D eigenvalue weighted by atomic mass is 10.1. The van der Waals surface area contributed by atoms with Crippen molar-refractivity contribution in [2.75, 3.05) is 0 Å². The van der Waals surface area contributed by atoms with Crippen LogP contribution in [-0.2, 0) is 6.61 Å². The average Bonchev–Trinajstić information content (AvgIpc) is 3.07. The van der Waals surface area contributed by atoms with Gasteiger partial charge in [0, 0.05) is 10.0 Å². The number of phenols is 1. The Morgan fingerprint density at radius 1 is 1.15 bits per heavy atom. The molecule has 1 N–H and O–H groups in total. The summed E-state index contributed by atoms with van der Waals surface area (Å²) >= 11 is 9.44. The number of aromatic hydroxyl groups is 1. The number of carbonyl (C=O) groups is 1. The number of halogens is 2. The van der Waals surface area contributed by atoms with E-state index >= 15 is 0 Å². The largest absolute Gasteiger partial charge is 0.508 e. The number of ketones is 1. The molecule has 6 heteroatoms. The van der Waals surface area contributed by atoms with E-state index in [4.69, 9.17) is 20.8 Å². The summed E-state index contributed by atoms with van der Waals surface area (Å²) in [6.07, 6.45) is 3.01. The molecule has 2 aromatic carbocycles. The molecule has 4 nitrogen and oxygen atoms in total. The molecule has 3 aromatic rings. The zero-order valence-electron chi connectivity index (χ0n) is 13.5. The first kappa shape index (κ1) is 18.3. The third-order valence-corrected chi connectivity index (χ3v) is 4.29. The summed E-state index contributed by atoms with van der Waals surface area (Å²) in [7, 11) is 0. The molecule has 0 unspecified atom stereocenters. The molecular formula is C20H14BrClO4. The molecule has 0 aliphatic heterocycles. The highest BCUT2D eigenvalue weighted by molar-refractivity contribution is 9.10. The van der Waals surface area contributed by atoms with Gasteiger partial charge in [-0.2, -0.15) is 0 Å². The van der Waals surface area contributed by atoms with Gasteiger partial charge in [-0.1, -0.05) is 27.5 Å².